The molecule has 3 rings (SSSR count). The minimum Gasteiger partial charge on any atom is -0.506 e. The largest absolute Gasteiger partial charge is 0.506 e. The molecule has 1 saturated heterocycles. The molecule has 20 heavy (non-hydrogen) atoms. The number of ether oxygens (including phenoxy) is 1. The summed E-state index contributed by atoms with van der Waals surface area (Å²) in [4.78, 5) is 14.6. The highest BCUT2D eigenvalue weighted by Gasteiger charge is 2.37. The number of phenols is 1. The van der Waals surface area contributed by atoms with E-state index in [0.29, 0.717) is 18.8 Å². The third-order valence-electron chi connectivity index (χ3n) is 4.39. The fourth-order valence-electron chi connectivity index (χ4n) is 3.38. The minimum absolute atomic E-state index is 0.0266. The van der Waals surface area contributed by atoms with Gasteiger partial charge in [0.25, 0.3) is 0 Å². The maximum Gasteiger partial charge on any atom is 0.232 e. The molecule has 2 aliphatic heterocycles. The first-order chi connectivity index (χ1) is 9.72. The first kappa shape index (κ1) is 13.4. The molecule has 2 unspecified atom stereocenters. The second kappa shape index (κ2) is 5.44. The number of aryl methyl sites for hydroxylation is 1. The number of hydrogen-bond donors (Lipinski definition) is 1. The lowest BCUT2D eigenvalue weighted by atomic mass is 9.94. The molecule has 2 aliphatic rings. The quantitative estimate of drug-likeness (QED) is 0.902. The van der Waals surface area contributed by atoms with Crippen LogP contribution >= 0.6 is 0 Å². The van der Waals surface area contributed by atoms with Crippen molar-refractivity contribution < 1.29 is 14.6 Å². The van der Waals surface area contributed by atoms with Gasteiger partial charge >= 0.3 is 0 Å². The molecule has 108 valence electrons. The number of para-hydroxylation sites is 1. The van der Waals surface area contributed by atoms with Crippen LogP contribution in [0.4, 0.5) is 5.69 Å². The number of benzene rings is 1. The summed E-state index contributed by atoms with van der Waals surface area (Å²) >= 11 is 0. The number of amides is 1. The molecule has 4 heteroatoms. The van der Waals surface area contributed by atoms with Crippen molar-refractivity contribution in [3.05, 3.63) is 23.8 Å². The van der Waals surface area contributed by atoms with Crippen molar-refractivity contribution in [3.8, 4) is 5.75 Å². The zero-order chi connectivity index (χ0) is 14.1. The number of aromatic hydroxyl groups is 1. The van der Waals surface area contributed by atoms with E-state index in [4.69, 9.17) is 4.74 Å². The summed E-state index contributed by atoms with van der Waals surface area (Å²) in [6.45, 7) is 3.41. The number of nitrogens with zero attached hydrogens (tertiary/aromatic N) is 1. The van der Waals surface area contributed by atoms with Crippen molar-refractivity contribution in [2.45, 2.75) is 38.7 Å². The number of anilines is 1. The Labute approximate surface area is 119 Å². The molecule has 0 aromatic heterocycles. The van der Waals surface area contributed by atoms with Crippen LogP contribution in [0.15, 0.2) is 18.2 Å². The van der Waals surface area contributed by atoms with Crippen molar-refractivity contribution in [1.82, 2.24) is 0 Å². The Hall–Kier alpha value is -1.55. The van der Waals surface area contributed by atoms with Crippen LogP contribution in [0.2, 0.25) is 0 Å². The van der Waals surface area contributed by atoms with Crippen molar-refractivity contribution in [3.63, 3.8) is 0 Å². The van der Waals surface area contributed by atoms with Crippen LogP contribution in [-0.2, 0) is 16.0 Å². The summed E-state index contributed by atoms with van der Waals surface area (Å²) in [7, 11) is 0. The van der Waals surface area contributed by atoms with Crippen LogP contribution in [0.25, 0.3) is 0 Å². The molecular weight excluding hydrogens is 254 g/mol. The van der Waals surface area contributed by atoms with E-state index < -0.39 is 0 Å². The lowest BCUT2D eigenvalue weighted by Crippen LogP contribution is -2.42. The Balaban J connectivity index is 1.91. The Morgan fingerprint density at radius 1 is 1.50 bits per heavy atom. The predicted molar refractivity (Wildman–Crippen MR) is 76.9 cm³/mol. The van der Waals surface area contributed by atoms with E-state index in [1.54, 1.807) is 11.0 Å². The van der Waals surface area contributed by atoms with E-state index >= 15 is 0 Å². The van der Waals surface area contributed by atoms with E-state index in [9.17, 15) is 9.90 Å². The van der Waals surface area contributed by atoms with Crippen molar-refractivity contribution >= 4 is 11.6 Å². The summed E-state index contributed by atoms with van der Waals surface area (Å²) in [5, 5.41) is 10.1. The molecule has 2 atom stereocenters. The van der Waals surface area contributed by atoms with Crippen LogP contribution in [0.3, 0.4) is 0 Å². The van der Waals surface area contributed by atoms with Gasteiger partial charge in [-0.15, -0.1) is 0 Å². The molecule has 0 bridgehead atoms. The maximum atomic E-state index is 12.8. The second-order valence-electron chi connectivity index (χ2n) is 5.59. The van der Waals surface area contributed by atoms with Gasteiger partial charge in [0.15, 0.2) is 0 Å². The van der Waals surface area contributed by atoms with Crippen LogP contribution in [0.5, 0.6) is 5.75 Å². The van der Waals surface area contributed by atoms with Gasteiger partial charge in [0, 0.05) is 13.2 Å². The summed E-state index contributed by atoms with van der Waals surface area (Å²) in [6.07, 6.45) is 3.55. The Kier molecular flexibility index (Phi) is 3.66. The van der Waals surface area contributed by atoms with Gasteiger partial charge in [-0.1, -0.05) is 19.1 Å². The number of carbonyl (C=O) groups is 1. The highest BCUT2D eigenvalue weighted by molar-refractivity contribution is 5.98. The van der Waals surface area contributed by atoms with E-state index in [2.05, 4.69) is 6.92 Å². The lowest BCUT2D eigenvalue weighted by molar-refractivity contribution is -0.124. The first-order valence-corrected chi connectivity index (χ1v) is 7.46. The minimum atomic E-state index is -0.0643. The molecule has 1 aromatic carbocycles. The van der Waals surface area contributed by atoms with E-state index in [0.717, 1.165) is 31.2 Å². The maximum absolute atomic E-state index is 12.8. The van der Waals surface area contributed by atoms with Crippen molar-refractivity contribution in [1.29, 1.82) is 0 Å². The SMILES string of the molecule is CCC1OCCC1C(=O)N1CCCc2cccc(O)c21. The average Bonchev–Trinajstić information content (AvgIpc) is 2.94. The van der Waals surface area contributed by atoms with E-state index in [1.807, 2.05) is 12.1 Å². The molecule has 1 aromatic rings. The summed E-state index contributed by atoms with van der Waals surface area (Å²) in [5.41, 5.74) is 1.78. The Morgan fingerprint density at radius 3 is 3.15 bits per heavy atom. The third-order valence-corrected chi connectivity index (χ3v) is 4.39. The molecule has 1 N–H and O–H groups in total. The zero-order valence-electron chi connectivity index (χ0n) is 11.8. The van der Waals surface area contributed by atoms with Crippen LogP contribution in [0, 0.1) is 5.92 Å². The standard InChI is InChI=1S/C16H21NO3/c1-2-14-12(8-10-20-14)16(19)17-9-4-6-11-5-3-7-13(18)15(11)17/h3,5,7,12,14,18H,2,4,6,8-10H2,1H3. The van der Waals surface area contributed by atoms with Gasteiger partial charge in [0.2, 0.25) is 5.91 Å². The average molecular weight is 275 g/mol. The highest BCUT2D eigenvalue weighted by atomic mass is 16.5. The molecule has 0 spiro atoms. The molecular formula is C16H21NO3. The lowest BCUT2D eigenvalue weighted by Gasteiger charge is -2.32. The first-order valence-electron chi connectivity index (χ1n) is 7.46. The van der Waals surface area contributed by atoms with Gasteiger partial charge in [0.1, 0.15) is 5.75 Å². The number of fused-ring (bicyclic) bond motifs is 1. The molecule has 2 heterocycles. The van der Waals surface area contributed by atoms with E-state index in [-0.39, 0.29) is 23.7 Å². The summed E-state index contributed by atoms with van der Waals surface area (Å²) < 4.78 is 5.63. The van der Waals surface area contributed by atoms with Crippen LogP contribution < -0.4 is 4.90 Å². The monoisotopic (exact) mass is 275 g/mol. The molecule has 0 aliphatic carbocycles. The zero-order valence-corrected chi connectivity index (χ0v) is 11.8. The predicted octanol–water partition coefficient (Wildman–Crippen LogP) is 2.49. The van der Waals surface area contributed by atoms with Crippen molar-refractivity contribution in [2.75, 3.05) is 18.1 Å². The highest BCUT2D eigenvalue weighted by Crippen LogP contribution is 2.37. The fraction of sp³-hybridized carbons (Fsp3) is 0.562. The fourth-order valence-corrected chi connectivity index (χ4v) is 3.38. The van der Waals surface area contributed by atoms with Crippen LogP contribution in [0.1, 0.15) is 31.7 Å². The molecule has 0 saturated carbocycles. The van der Waals surface area contributed by atoms with Gasteiger partial charge in [-0.25, -0.2) is 0 Å². The molecule has 1 fully saturated rings. The third kappa shape index (κ3) is 2.18. The van der Waals surface area contributed by atoms with Gasteiger partial charge < -0.3 is 14.7 Å². The van der Waals surface area contributed by atoms with Crippen LogP contribution in [-0.4, -0.2) is 30.3 Å². The second-order valence-corrected chi connectivity index (χ2v) is 5.59. The van der Waals surface area contributed by atoms with Gasteiger partial charge in [-0.3, -0.25) is 4.79 Å². The normalized spacial score (nSPS) is 25.6. The number of phenolic OH excluding ortho intramolecular Hbond substituents is 1. The van der Waals surface area contributed by atoms with Gasteiger partial charge in [-0.2, -0.15) is 0 Å². The molecule has 0 radical (unpaired) electrons. The molecule has 1 amide bonds. The van der Waals surface area contributed by atoms with Gasteiger partial charge in [0.05, 0.1) is 17.7 Å². The smallest absolute Gasteiger partial charge is 0.232 e. The topological polar surface area (TPSA) is 49.8 Å². The Morgan fingerprint density at radius 2 is 2.35 bits per heavy atom. The summed E-state index contributed by atoms with van der Waals surface area (Å²) in [5.74, 6) is 0.255. The van der Waals surface area contributed by atoms with Crippen molar-refractivity contribution in [2.24, 2.45) is 5.92 Å². The number of hydrogen-bond acceptors (Lipinski definition) is 3. The van der Waals surface area contributed by atoms with E-state index in [1.165, 1.54) is 0 Å². The molecule has 4 nitrogen and oxygen atoms in total. The number of carbonyl (C=O) groups excluding carboxylic acids is 1. The van der Waals surface area contributed by atoms with Gasteiger partial charge in [-0.05, 0) is 37.3 Å². The Bertz CT molecular complexity index is 514. The number of rotatable bonds is 2. The summed E-state index contributed by atoms with van der Waals surface area (Å²) in [6, 6.07) is 5.50.